The normalized spacial score (nSPS) is 16.9. The largest absolute Gasteiger partial charge is 0.506 e. The van der Waals surface area contributed by atoms with E-state index >= 15 is 0 Å². The van der Waals surface area contributed by atoms with Gasteiger partial charge in [-0.25, -0.2) is 4.79 Å². The number of hydrogen-bond donors (Lipinski definition) is 1. The highest BCUT2D eigenvalue weighted by molar-refractivity contribution is 6.29. The summed E-state index contributed by atoms with van der Waals surface area (Å²) in [7, 11) is 0. The minimum absolute atomic E-state index is 0.370. The first-order valence-electron chi connectivity index (χ1n) is 6.29. The molecule has 2 aromatic carbocycles. The van der Waals surface area contributed by atoms with E-state index < -0.39 is 11.9 Å². The van der Waals surface area contributed by atoms with Gasteiger partial charge in [0.25, 0.3) is 0 Å². The van der Waals surface area contributed by atoms with E-state index in [9.17, 15) is 14.7 Å². The summed E-state index contributed by atoms with van der Waals surface area (Å²) in [5.41, 5.74) is 0.435. The quantitative estimate of drug-likeness (QED) is 0.521. The number of nitrogens with zero attached hydrogens (tertiary/aromatic N) is 1. The summed E-state index contributed by atoms with van der Waals surface area (Å²) in [5.74, 6) is -1.94. The van der Waals surface area contributed by atoms with Gasteiger partial charge in [-0.3, -0.25) is 4.79 Å². The maximum absolute atomic E-state index is 12.3. The Kier molecular flexibility index (Phi) is 3.16. The van der Waals surface area contributed by atoms with Gasteiger partial charge < -0.3 is 9.94 Å². The molecule has 104 valence electrons. The molecule has 0 saturated carbocycles. The Labute approximate surface area is 120 Å². The molecule has 1 N–H and O–H groups in total. The molecule has 5 nitrogen and oxygen atoms in total. The SMILES string of the molecule is O=C1ON(c2ccccc2)C(=O)/C1=C(\O)c1ccccc1. The summed E-state index contributed by atoms with van der Waals surface area (Å²) < 4.78 is 0. The van der Waals surface area contributed by atoms with Gasteiger partial charge in [0.2, 0.25) is 0 Å². The summed E-state index contributed by atoms with van der Waals surface area (Å²) in [6, 6.07) is 16.9. The molecule has 0 spiro atoms. The average Bonchev–Trinajstić information content (AvgIpc) is 2.83. The van der Waals surface area contributed by atoms with Crippen LogP contribution in [0.3, 0.4) is 0 Å². The molecule has 0 aromatic heterocycles. The van der Waals surface area contributed by atoms with Crippen LogP contribution in [0, 0.1) is 0 Å². The molecule has 0 radical (unpaired) electrons. The van der Waals surface area contributed by atoms with Crippen LogP contribution in [-0.2, 0) is 14.4 Å². The first-order valence-corrected chi connectivity index (χ1v) is 6.29. The zero-order valence-corrected chi connectivity index (χ0v) is 10.9. The van der Waals surface area contributed by atoms with Crippen molar-refractivity contribution in [3.63, 3.8) is 0 Å². The molecule has 0 aliphatic carbocycles. The first-order chi connectivity index (χ1) is 10.2. The average molecular weight is 281 g/mol. The van der Waals surface area contributed by atoms with E-state index in [4.69, 9.17) is 4.84 Å². The third kappa shape index (κ3) is 2.25. The summed E-state index contributed by atoms with van der Waals surface area (Å²) in [4.78, 5) is 29.1. The second-order valence-corrected chi connectivity index (χ2v) is 4.40. The Morgan fingerprint density at radius 3 is 2.10 bits per heavy atom. The number of rotatable bonds is 2. The van der Waals surface area contributed by atoms with E-state index in [-0.39, 0.29) is 11.3 Å². The van der Waals surface area contributed by atoms with Crippen LogP contribution in [-0.4, -0.2) is 17.0 Å². The number of hydroxylamine groups is 1. The van der Waals surface area contributed by atoms with Gasteiger partial charge in [0.05, 0.1) is 5.69 Å². The molecule has 1 heterocycles. The van der Waals surface area contributed by atoms with Gasteiger partial charge >= 0.3 is 11.9 Å². The van der Waals surface area contributed by atoms with Crippen LogP contribution in [0.4, 0.5) is 5.69 Å². The van der Waals surface area contributed by atoms with Crippen molar-refractivity contribution in [2.24, 2.45) is 0 Å². The maximum Gasteiger partial charge on any atom is 0.373 e. The number of benzene rings is 2. The van der Waals surface area contributed by atoms with E-state index in [1.165, 1.54) is 0 Å². The van der Waals surface area contributed by atoms with Crippen molar-refractivity contribution in [2.45, 2.75) is 0 Å². The van der Waals surface area contributed by atoms with E-state index in [2.05, 4.69) is 0 Å². The van der Waals surface area contributed by atoms with Crippen molar-refractivity contribution in [1.29, 1.82) is 0 Å². The third-order valence-electron chi connectivity index (χ3n) is 3.05. The van der Waals surface area contributed by atoms with Gasteiger partial charge in [0, 0.05) is 5.56 Å². The maximum atomic E-state index is 12.3. The molecule has 0 unspecified atom stereocenters. The molecule has 2 aromatic rings. The van der Waals surface area contributed by atoms with Crippen molar-refractivity contribution in [3.8, 4) is 0 Å². The summed E-state index contributed by atoms with van der Waals surface area (Å²) >= 11 is 0. The Morgan fingerprint density at radius 1 is 0.905 bits per heavy atom. The van der Waals surface area contributed by atoms with Crippen LogP contribution in [0.15, 0.2) is 66.2 Å². The van der Waals surface area contributed by atoms with Crippen LogP contribution in [0.1, 0.15) is 5.56 Å². The minimum atomic E-state index is -0.870. The van der Waals surface area contributed by atoms with Gasteiger partial charge in [0.1, 0.15) is 5.76 Å². The van der Waals surface area contributed by atoms with Crippen LogP contribution in [0.2, 0.25) is 0 Å². The molecular formula is C16H11NO4. The standard InChI is InChI=1S/C16H11NO4/c18-14(11-7-3-1-4-8-11)13-15(19)17(21-16(13)20)12-9-5-2-6-10-12/h1-10,18H/b14-13+. The minimum Gasteiger partial charge on any atom is -0.506 e. The Morgan fingerprint density at radius 2 is 1.48 bits per heavy atom. The Balaban J connectivity index is 2.02. The molecule has 3 rings (SSSR count). The number of hydrogen-bond acceptors (Lipinski definition) is 4. The molecule has 0 bridgehead atoms. The fourth-order valence-corrected chi connectivity index (χ4v) is 2.03. The molecule has 1 fully saturated rings. The highest BCUT2D eigenvalue weighted by Gasteiger charge is 2.40. The zero-order chi connectivity index (χ0) is 14.8. The number of aliphatic hydroxyl groups is 1. The van der Waals surface area contributed by atoms with Gasteiger partial charge in [-0.15, -0.1) is 5.06 Å². The number of anilines is 1. The number of carbonyl (C=O) groups excluding carboxylic acids is 2. The molecule has 1 amide bonds. The van der Waals surface area contributed by atoms with Crippen molar-refractivity contribution in [2.75, 3.05) is 5.06 Å². The van der Waals surface area contributed by atoms with Gasteiger partial charge in [0.15, 0.2) is 5.57 Å². The molecule has 0 atom stereocenters. The van der Waals surface area contributed by atoms with Gasteiger partial charge in [-0.1, -0.05) is 48.5 Å². The van der Waals surface area contributed by atoms with Crippen LogP contribution < -0.4 is 5.06 Å². The van der Waals surface area contributed by atoms with Crippen molar-refractivity contribution in [3.05, 3.63) is 71.8 Å². The zero-order valence-electron chi connectivity index (χ0n) is 10.9. The highest BCUT2D eigenvalue weighted by Crippen LogP contribution is 2.28. The summed E-state index contributed by atoms with van der Waals surface area (Å²) in [6.45, 7) is 0. The lowest BCUT2D eigenvalue weighted by Crippen LogP contribution is -2.23. The summed E-state index contributed by atoms with van der Waals surface area (Å²) in [5, 5.41) is 11.0. The van der Waals surface area contributed by atoms with Crippen LogP contribution in [0.5, 0.6) is 0 Å². The molecular weight excluding hydrogens is 270 g/mol. The molecule has 21 heavy (non-hydrogen) atoms. The van der Waals surface area contributed by atoms with Crippen molar-refractivity contribution in [1.82, 2.24) is 0 Å². The third-order valence-corrected chi connectivity index (χ3v) is 3.05. The lowest BCUT2D eigenvalue weighted by atomic mass is 10.1. The Bertz CT molecular complexity index is 722. The lowest BCUT2D eigenvalue weighted by molar-refractivity contribution is -0.137. The number of amides is 1. The topological polar surface area (TPSA) is 66.8 Å². The van der Waals surface area contributed by atoms with Gasteiger partial charge in [-0.05, 0) is 12.1 Å². The lowest BCUT2D eigenvalue weighted by Gasteiger charge is -2.11. The number of para-hydroxylation sites is 1. The number of aliphatic hydroxyl groups excluding tert-OH is 1. The van der Waals surface area contributed by atoms with Crippen molar-refractivity contribution < 1.29 is 19.5 Å². The smallest absolute Gasteiger partial charge is 0.373 e. The van der Waals surface area contributed by atoms with E-state index in [0.29, 0.717) is 11.3 Å². The van der Waals surface area contributed by atoms with E-state index in [1.54, 1.807) is 60.7 Å². The molecule has 5 heteroatoms. The first kappa shape index (κ1) is 12.9. The van der Waals surface area contributed by atoms with E-state index in [0.717, 1.165) is 5.06 Å². The molecule has 1 aliphatic heterocycles. The fraction of sp³-hybridized carbons (Fsp3) is 0. The predicted molar refractivity (Wildman–Crippen MR) is 76.0 cm³/mol. The number of carbonyl (C=O) groups is 2. The van der Waals surface area contributed by atoms with Crippen LogP contribution >= 0.6 is 0 Å². The predicted octanol–water partition coefficient (Wildman–Crippen LogP) is 2.46. The van der Waals surface area contributed by atoms with Crippen LogP contribution in [0.25, 0.3) is 5.76 Å². The summed E-state index contributed by atoms with van der Waals surface area (Å²) in [6.07, 6.45) is 0. The van der Waals surface area contributed by atoms with Crippen molar-refractivity contribution >= 4 is 23.3 Å². The second-order valence-electron chi connectivity index (χ2n) is 4.40. The molecule has 1 saturated heterocycles. The fourth-order valence-electron chi connectivity index (χ4n) is 2.03. The highest BCUT2D eigenvalue weighted by atomic mass is 16.7. The van der Waals surface area contributed by atoms with E-state index in [1.807, 2.05) is 0 Å². The molecule has 1 aliphatic rings. The Hall–Kier alpha value is -3.08. The second kappa shape index (κ2) is 5.13. The van der Waals surface area contributed by atoms with Gasteiger partial charge in [-0.2, -0.15) is 0 Å². The monoisotopic (exact) mass is 281 g/mol.